The second-order valence-electron chi connectivity index (χ2n) is 6.36. The Hall–Kier alpha value is -2.51. The monoisotopic (exact) mass is 374 g/mol. The van der Waals surface area contributed by atoms with E-state index in [2.05, 4.69) is 10.2 Å². The number of hydrogen-bond donors (Lipinski definition) is 1. The van der Waals surface area contributed by atoms with Crippen molar-refractivity contribution in [3.8, 4) is 11.5 Å². The maximum absolute atomic E-state index is 12.8. The van der Waals surface area contributed by atoms with Gasteiger partial charge in [-0.1, -0.05) is 6.07 Å². The van der Waals surface area contributed by atoms with Crippen molar-refractivity contribution in [1.82, 2.24) is 10.2 Å². The lowest BCUT2D eigenvalue weighted by Crippen LogP contribution is -2.43. The fraction of sp³-hybridized carbons (Fsp3) is 0.450. The van der Waals surface area contributed by atoms with Crippen LogP contribution in [-0.4, -0.2) is 57.9 Å². The zero-order valence-electron chi connectivity index (χ0n) is 16.0. The minimum atomic E-state index is -0.215. The fourth-order valence-corrected chi connectivity index (χ4v) is 3.28. The van der Waals surface area contributed by atoms with Gasteiger partial charge in [-0.05, 0) is 31.2 Å². The summed E-state index contributed by atoms with van der Waals surface area (Å²) in [6.45, 7) is 5.28. The fourth-order valence-electron chi connectivity index (χ4n) is 3.28. The van der Waals surface area contributed by atoms with E-state index < -0.39 is 0 Å². The Labute approximate surface area is 159 Å². The molecule has 1 aromatic heterocycles. The molecule has 7 heteroatoms. The molecular weight excluding hydrogens is 348 g/mol. The van der Waals surface area contributed by atoms with Gasteiger partial charge in [0.25, 0.3) is 5.91 Å². The van der Waals surface area contributed by atoms with Crippen LogP contribution in [0.15, 0.2) is 34.7 Å². The Morgan fingerprint density at radius 2 is 1.96 bits per heavy atom. The topological polar surface area (TPSA) is 73.2 Å². The molecule has 1 aliphatic rings. The third kappa shape index (κ3) is 4.43. The van der Waals surface area contributed by atoms with E-state index in [1.165, 1.54) is 7.11 Å². The molecule has 7 nitrogen and oxygen atoms in total. The van der Waals surface area contributed by atoms with Gasteiger partial charge in [0, 0.05) is 19.6 Å². The number of hydrogen-bond acceptors (Lipinski definition) is 6. The summed E-state index contributed by atoms with van der Waals surface area (Å²) >= 11 is 0. The molecule has 1 aliphatic heterocycles. The predicted molar refractivity (Wildman–Crippen MR) is 100 cm³/mol. The number of carbonyl (C=O) groups excluding carboxylic acids is 1. The van der Waals surface area contributed by atoms with E-state index in [1.54, 1.807) is 25.3 Å². The minimum Gasteiger partial charge on any atom is -0.493 e. The molecule has 0 aliphatic carbocycles. The van der Waals surface area contributed by atoms with Crippen molar-refractivity contribution in [3.63, 3.8) is 0 Å². The second kappa shape index (κ2) is 8.92. The Kier molecular flexibility index (Phi) is 6.36. The Morgan fingerprint density at radius 3 is 2.59 bits per heavy atom. The maximum Gasteiger partial charge on any atom is 0.255 e. The number of para-hydroxylation sites is 1. The van der Waals surface area contributed by atoms with Crippen molar-refractivity contribution < 1.29 is 23.4 Å². The van der Waals surface area contributed by atoms with Crippen molar-refractivity contribution in [2.75, 3.05) is 47.1 Å². The number of furan rings is 1. The minimum absolute atomic E-state index is 0.0526. The average molecular weight is 374 g/mol. The van der Waals surface area contributed by atoms with Gasteiger partial charge in [-0.15, -0.1) is 0 Å². The predicted octanol–water partition coefficient (Wildman–Crippen LogP) is 2.41. The van der Waals surface area contributed by atoms with Crippen LogP contribution in [0.25, 0.3) is 0 Å². The van der Waals surface area contributed by atoms with E-state index in [4.69, 9.17) is 18.6 Å². The first-order valence-electron chi connectivity index (χ1n) is 9.01. The standard InChI is InChI=1S/C20H26N2O5/c1-14-7-8-17(27-14)16(22-9-11-26-12-10-22)13-21-20(23)15-5-4-6-18(24-2)19(15)25-3/h4-8,16H,9-13H2,1-3H3,(H,21,23). The van der Waals surface area contributed by atoms with E-state index in [0.29, 0.717) is 36.8 Å². The molecule has 3 rings (SSSR count). The molecule has 27 heavy (non-hydrogen) atoms. The van der Waals surface area contributed by atoms with Crippen molar-refractivity contribution in [2.24, 2.45) is 0 Å². The lowest BCUT2D eigenvalue weighted by atomic mass is 10.1. The number of ether oxygens (including phenoxy) is 3. The molecule has 1 amide bonds. The first-order chi connectivity index (χ1) is 13.1. The summed E-state index contributed by atoms with van der Waals surface area (Å²) in [6, 6.07) is 9.10. The first-order valence-corrected chi connectivity index (χ1v) is 9.01. The number of benzene rings is 1. The number of morpholine rings is 1. The summed E-state index contributed by atoms with van der Waals surface area (Å²) in [6.07, 6.45) is 0. The second-order valence-corrected chi connectivity index (χ2v) is 6.36. The van der Waals surface area contributed by atoms with Crippen molar-refractivity contribution >= 4 is 5.91 Å². The van der Waals surface area contributed by atoms with Crippen LogP contribution in [0.3, 0.4) is 0 Å². The molecule has 1 fully saturated rings. The van der Waals surface area contributed by atoms with Gasteiger partial charge in [-0.2, -0.15) is 0 Å². The van der Waals surface area contributed by atoms with E-state index in [-0.39, 0.29) is 11.9 Å². The SMILES string of the molecule is COc1cccc(C(=O)NCC(c2ccc(C)o2)N2CCOCC2)c1OC. The van der Waals surface area contributed by atoms with Gasteiger partial charge in [0.15, 0.2) is 11.5 Å². The quantitative estimate of drug-likeness (QED) is 0.802. The van der Waals surface area contributed by atoms with Crippen LogP contribution in [-0.2, 0) is 4.74 Å². The van der Waals surface area contributed by atoms with Crippen molar-refractivity contribution in [2.45, 2.75) is 13.0 Å². The summed E-state index contributed by atoms with van der Waals surface area (Å²) in [5.41, 5.74) is 0.438. The molecule has 1 unspecified atom stereocenters. The van der Waals surface area contributed by atoms with Crippen LogP contribution in [0.4, 0.5) is 0 Å². The molecule has 146 valence electrons. The molecule has 0 spiro atoms. The van der Waals surface area contributed by atoms with Crippen molar-refractivity contribution in [3.05, 3.63) is 47.4 Å². The molecule has 0 saturated carbocycles. The van der Waals surface area contributed by atoms with Gasteiger partial charge in [0.1, 0.15) is 11.5 Å². The van der Waals surface area contributed by atoms with E-state index in [9.17, 15) is 4.79 Å². The van der Waals surface area contributed by atoms with E-state index >= 15 is 0 Å². The Morgan fingerprint density at radius 1 is 1.19 bits per heavy atom. The normalized spacial score (nSPS) is 16.0. The summed E-state index contributed by atoms with van der Waals surface area (Å²) in [5.74, 6) is 2.43. The summed E-state index contributed by atoms with van der Waals surface area (Å²) in [7, 11) is 3.07. The molecule has 1 aromatic carbocycles. The third-order valence-corrected chi connectivity index (χ3v) is 4.68. The number of nitrogens with zero attached hydrogens (tertiary/aromatic N) is 1. The molecule has 1 saturated heterocycles. The smallest absolute Gasteiger partial charge is 0.255 e. The zero-order valence-corrected chi connectivity index (χ0v) is 16.0. The highest BCUT2D eigenvalue weighted by Crippen LogP contribution is 2.31. The molecule has 2 heterocycles. The number of methoxy groups -OCH3 is 2. The van der Waals surface area contributed by atoms with Crippen LogP contribution < -0.4 is 14.8 Å². The van der Waals surface area contributed by atoms with Gasteiger partial charge in [-0.25, -0.2) is 0 Å². The van der Waals surface area contributed by atoms with Crippen LogP contribution in [0, 0.1) is 6.92 Å². The molecule has 0 radical (unpaired) electrons. The number of nitrogens with one attached hydrogen (secondary N) is 1. The van der Waals surface area contributed by atoms with Crippen LogP contribution in [0.2, 0.25) is 0 Å². The number of amides is 1. The van der Waals surface area contributed by atoms with Crippen LogP contribution in [0.5, 0.6) is 11.5 Å². The van der Waals surface area contributed by atoms with Crippen LogP contribution in [0.1, 0.15) is 27.9 Å². The zero-order chi connectivity index (χ0) is 19.2. The third-order valence-electron chi connectivity index (χ3n) is 4.68. The molecular formula is C20H26N2O5. The first kappa shape index (κ1) is 19.3. The highest BCUT2D eigenvalue weighted by Gasteiger charge is 2.26. The van der Waals surface area contributed by atoms with Gasteiger partial charge < -0.3 is 23.9 Å². The molecule has 1 atom stereocenters. The number of rotatable bonds is 7. The molecule has 0 bridgehead atoms. The molecule has 2 aromatic rings. The van der Waals surface area contributed by atoms with Gasteiger partial charge in [0.05, 0.1) is 39.0 Å². The number of aryl methyl sites for hydroxylation is 1. The number of carbonyl (C=O) groups is 1. The van der Waals surface area contributed by atoms with Gasteiger partial charge in [0.2, 0.25) is 0 Å². The van der Waals surface area contributed by atoms with E-state index in [1.807, 2.05) is 19.1 Å². The van der Waals surface area contributed by atoms with Gasteiger partial charge in [-0.3, -0.25) is 9.69 Å². The van der Waals surface area contributed by atoms with E-state index in [0.717, 1.165) is 24.6 Å². The Bertz CT molecular complexity index is 767. The van der Waals surface area contributed by atoms with Crippen molar-refractivity contribution in [1.29, 1.82) is 0 Å². The lowest BCUT2D eigenvalue weighted by molar-refractivity contribution is 0.0117. The van der Waals surface area contributed by atoms with Crippen LogP contribution >= 0.6 is 0 Å². The molecule has 1 N–H and O–H groups in total. The average Bonchev–Trinajstić information content (AvgIpc) is 3.14. The van der Waals surface area contributed by atoms with Gasteiger partial charge >= 0.3 is 0 Å². The lowest BCUT2D eigenvalue weighted by Gasteiger charge is -2.33. The summed E-state index contributed by atoms with van der Waals surface area (Å²) in [5, 5.41) is 3.01. The maximum atomic E-state index is 12.8. The Balaban J connectivity index is 1.76. The summed E-state index contributed by atoms with van der Waals surface area (Å²) in [4.78, 5) is 15.1. The summed E-state index contributed by atoms with van der Waals surface area (Å²) < 4.78 is 21.9. The highest BCUT2D eigenvalue weighted by atomic mass is 16.5. The largest absolute Gasteiger partial charge is 0.493 e. The highest BCUT2D eigenvalue weighted by molar-refractivity contribution is 5.97.